The van der Waals surface area contributed by atoms with Crippen molar-refractivity contribution in [3.05, 3.63) is 24.3 Å². The Balaban J connectivity index is 1.78. The summed E-state index contributed by atoms with van der Waals surface area (Å²) in [5.41, 5.74) is -2.35. The lowest BCUT2D eigenvalue weighted by Crippen LogP contribution is -2.56. The van der Waals surface area contributed by atoms with E-state index in [1.807, 2.05) is 31.2 Å². The summed E-state index contributed by atoms with van der Waals surface area (Å²) in [5.74, 6) is -2.74. The molecule has 4 aliphatic heterocycles. The molecule has 0 bridgehead atoms. The third-order valence-corrected chi connectivity index (χ3v) is 7.46. The summed E-state index contributed by atoms with van der Waals surface area (Å²) in [6.07, 6.45) is 13.0. The van der Waals surface area contributed by atoms with Gasteiger partial charge in [-0.25, -0.2) is 0 Å². The molecule has 0 aromatic rings. The molecule has 0 aliphatic carbocycles. The first-order chi connectivity index (χ1) is 15.9. The number of hydrogen-bond donors (Lipinski definition) is 1. The molecule has 1 N–H and O–H groups in total. The van der Waals surface area contributed by atoms with Crippen LogP contribution in [-0.4, -0.2) is 82.8 Å². The second-order valence-corrected chi connectivity index (χ2v) is 9.71. The summed E-state index contributed by atoms with van der Waals surface area (Å²) in [6.45, 7) is 4.99. The second kappa shape index (κ2) is 9.58. The zero-order valence-electron chi connectivity index (χ0n) is 19.7. The van der Waals surface area contributed by atoms with E-state index in [0.29, 0.717) is 19.7 Å². The molecular formula is C25H36N2O6. The number of hydrogen-bond acceptors (Lipinski definition) is 6. The number of nitrogens with zero attached hydrogens (tertiary/aromatic N) is 2. The lowest BCUT2D eigenvalue weighted by atomic mass is 9.74. The number of aliphatic hydroxyl groups excluding tert-OH is 1. The Bertz CT molecular complexity index is 841. The van der Waals surface area contributed by atoms with Gasteiger partial charge in [-0.2, -0.15) is 0 Å². The van der Waals surface area contributed by atoms with Crippen LogP contribution in [0.25, 0.3) is 0 Å². The number of likely N-dealkylation sites (tertiary alicyclic amines) is 1. The first kappa shape index (κ1) is 24.0. The van der Waals surface area contributed by atoms with Crippen molar-refractivity contribution < 1.29 is 29.0 Å². The minimum atomic E-state index is -1.28. The van der Waals surface area contributed by atoms with Crippen LogP contribution in [0.3, 0.4) is 0 Å². The Hall–Kier alpha value is -2.19. The van der Waals surface area contributed by atoms with Crippen molar-refractivity contribution in [1.29, 1.82) is 0 Å². The van der Waals surface area contributed by atoms with Gasteiger partial charge in [0.2, 0.25) is 11.8 Å². The van der Waals surface area contributed by atoms with E-state index < -0.39 is 35.0 Å². The lowest BCUT2D eigenvalue weighted by molar-refractivity contribution is -0.160. The first-order valence-electron chi connectivity index (χ1n) is 12.3. The van der Waals surface area contributed by atoms with Crippen LogP contribution in [0.4, 0.5) is 0 Å². The zero-order valence-corrected chi connectivity index (χ0v) is 19.7. The molecule has 2 amide bonds. The number of carbonyl (C=O) groups excluding carboxylic acids is 3. The number of fused-ring (bicyclic) bond motifs is 2. The fraction of sp³-hybridized carbons (Fsp3) is 0.720. The smallest absolute Gasteiger partial charge is 0.313 e. The minimum Gasteiger partial charge on any atom is -0.465 e. The molecule has 0 radical (unpaired) electrons. The molecule has 182 valence electrons. The van der Waals surface area contributed by atoms with Gasteiger partial charge in [0.1, 0.15) is 17.6 Å². The molecule has 33 heavy (non-hydrogen) atoms. The minimum absolute atomic E-state index is 0.0157. The maximum atomic E-state index is 13.8. The van der Waals surface area contributed by atoms with E-state index in [0.717, 1.165) is 38.5 Å². The molecule has 0 aromatic carbocycles. The van der Waals surface area contributed by atoms with Crippen LogP contribution < -0.4 is 0 Å². The van der Waals surface area contributed by atoms with Crippen molar-refractivity contribution in [3.63, 3.8) is 0 Å². The molecule has 8 heteroatoms. The van der Waals surface area contributed by atoms with Crippen LogP contribution >= 0.6 is 0 Å². The Kier molecular flexibility index (Phi) is 6.96. The number of amides is 2. The van der Waals surface area contributed by atoms with Crippen molar-refractivity contribution >= 4 is 17.8 Å². The van der Waals surface area contributed by atoms with Gasteiger partial charge in [0.15, 0.2) is 0 Å². The monoisotopic (exact) mass is 460 g/mol. The number of rotatable bonds is 6. The van der Waals surface area contributed by atoms with E-state index in [1.54, 1.807) is 4.90 Å². The van der Waals surface area contributed by atoms with Gasteiger partial charge in [-0.3, -0.25) is 14.4 Å². The van der Waals surface area contributed by atoms with E-state index in [2.05, 4.69) is 6.92 Å². The molecule has 4 heterocycles. The summed E-state index contributed by atoms with van der Waals surface area (Å²) in [5, 5.41) is 9.70. The molecule has 1 unspecified atom stereocenters. The fourth-order valence-corrected chi connectivity index (χ4v) is 5.95. The van der Waals surface area contributed by atoms with Crippen LogP contribution in [0.2, 0.25) is 0 Å². The molecule has 1 spiro atoms. The van der Waals surface area contributed by atoms with Crippen molar-refractivity contribution in [2.24, 2.45) is 11.8 Å². The van der Waals surface area contributed by atoms with E-state index in [9.17, 15) is 19.5 Å². The van der Waals surface area contributed by atoms with Crippen LogP contribution in [0.1, 0.15) is 52.4 Å². The van der Waals surface area contributed by atoms with Crippen molar-refractivity contribution in [2.45, 2.75) is 69.6 Å². The SMILES string of the molecule is CCCCCN1CC=C[C@]23O[C@@]4(C)/C=C\CCCCOC(=O)[C@H]4[C@H]2C(=O)N(CCO)C3C1=O. The van der Waals surface area contributed by atoms with Crippen molar-refractivity contribution in [1.82, 2.24) is 9.80 Å². The standard InChI is InChI=1S/C25H36N2O6/c1-3-4-8-13-26-14-10-12-25-18(21(29)27(15-16-28)20(25)22(26)30)19-23(31)32-17-9-6-5-7-11-24(19,2)33-25/h7,10-12,18-20,28H,3-6,8-9,13-17H2,1-2H3/b11-7-/t18-,19+,20?,24-,25-/m0/s1. The number of ether oxygens (including phenoxy) is 2. The van der Waals surface area contributed by atoms with Crippen molar-refractivity contribution in [2.75, 3.05) is 32.8 Å². The van der Waals surface area contributed by atoms with Crippen molar-refractivity contribution in [3.8, 4) is 0 Å². The molecule has 0 aromatic heterocycles. The lowest BCUT2D eigenvalue weighted by Gasteiger charge is -2.37. The molecule has 2 fully saturated rings. The van der Waals surface area contributed by atoms with Gasteiger partial charge in [-0.1, -0.05) is 44.1 Å². The molecular weight excluding hydrogens is 424 g/mol. The Labute approximate surface area is 195 Å². The van der Waals surface area contributed by atoms with Gasteiger partial charge < -0.3 is 24.4 Å². The van der Waals surface area contributed by atoms with Gasteiger partial charge >= 0.3 is 5.97 Å². The Morgan fingerprint density at radius 2 is 1.88 bits per heavy atom. The van der Waals surface area contributed by atoms with Crippen LogP contribution in [0.5, 0.6) is 0 Å². The number of unbranched alkanes of at least 4 members (excludes halogenated alkanes) is 2. The molecule has 8 nitrogen and oxygen atoms in total. The number of allylic oxidation sites excluding steroid dienone is 1. The van der Waals surface area contributed by atoms with E-state index >= 15 is 0 Å². The topological polar surface area (TPSA) is 96.4 Å². The highest BCUT2D eigenvalue weighted by Crippen LogP contribution is 2.56. The molecule has 4 rings (SSSR count). The Morgan fingerprint density at radius 1 is 1.06 bits per heavy atom. The highest BCUT2D eigenvalue weighted by atomic mass is 16.6. The van der Waals surface area contributed by atoms with Gasteiger partial charge in [0.05, 0.1) is 24.7 Å². The van der Waals surface area contributed by atoms with Gasteiger partial charge in [0, 0.05) is 19.6 Å². The second-order valence-electron chi connectivity index (χ2n) is 9.71. The van der Waals surface area contributed by atoms with Crippen LogP contribution in [-0.2, 0) is 23.9 Å². The number of esters is 1. The van der Waals surface area contributed by atoms with Gasteiger partial charge in [-0.15, -0.1) is 0 Å². The summed E-state index contributed by atoms with van der Waals surface area (Å²) < 4.78 is 12.3. The predicted octanol–water partition coefficient (Wildman–Crippen LogP) is 1.82. The summed E-state index contributed by atoms with van der Waals surface area (Å²) in [6, 6.07) is -0.918. The largest absolute Gasteiger partial charge is 0.465 e. The summed E-state index contributed by atoms with van der Waals surface area (Å²) in [7, 11) is 0. The summed E-state index contributed by atoms with van der Waals surface area (Å²) in [4.78, 5) is 44.0. The number of β-amino-alcohol motifs (C(OH)–C–C–N with tert-alkyl or cyclic N) is 1. The number of carbonyl (C=O) groups is 3. The maximum Gasteiger partial charge on any atom is 0.313 e. The summed E-state index contributed by atoms with van der Waals surface area (Å²) >= 11 is 0. The average Bonchev–Trinajstić information content (AvgIpc) is 3.10. The zero-order chi connectivity index (χ0) is 23.6. The van der Waals surface area contributed by atoms with Gasteiger partial charge in [-0.05, 0) is 32.6 Å². The average molecular weight is 461 g/mol. The third-order valence-electron chi connectivity index (χ3n) is 7.46. The highest BCUT2D eigenvalue weighted by Gasteiger charge is 2.74. The van der Waals surface area contributed by atoms with Gasteiger partial charge in [0.25, 0.3) is 0 Å². The van der Waals surface area contributed by atoms with E-state index in [4.69, 9.17) is 9.47 Å². The number of cyclic esters (lactones) is 1. The normalized spacial score (nSPS) is 37.3. The highest BCUT2D eigenvalue weighted by molar-refractivity contribution is 5.99. The third kappa shape index (κ3) is 4.01. The van der Waals surface area contributed by atoms with Crippen LogP contribution in [0, 0.1) is 11.8 Å². The quantitative estimate of drug-likeness (QED) is 0.369. The van der Waals surface area contributed by atoms with E-state index in [1.165, 1.54) is 4.90 Å². The number of aliphatic hydroxyl groups is 1. The Morgan fingerprint density at radius 3 is 2.64 bits per heavy atom. The molecule has 4 aliphatic rings. The predicted molar refractivity (Wildman–Crippen MR) is 121 cm³/mol. The first-order valence-corrected chi connectivity index (χ1v) is 12.3. The van der Waals surface area contributed by atoms with Crippen LogP contribution in [0.15, 0.2) is 24.3 Å². The molecule has 0 saturated carbocycles. The van der Waals surface area contributed by atoms with E-state index in [-0.39, 0.29) is 25.0 Å². The maximum absolute atomic E-state index is 13.8. The fourth-order valence-electron chi connectivity index (χ4n) is 5.95. The molecule has 5 atom stereocenters. The molecule has 2 saturated heterocycles.